The maximum atomic E-state index is 11.0. The molecule has 0 amide bonds. The minimum absolute atomic E-state index is 0.0232. The van der Waals surface area contributed by atoms with Gasteiger partial charge >= 0.3 is 5.97 Å². The summed E-state index contributed by atoms with van der Waals surface area (Å²) >= 11 is 0. The van der Waals surface area contributed by atoms with E-state index in [0.717, 1.165) is 28.8 Å². The largest absolute Gasteiger partial charge is 0.475 e. The molecule has 0 bridgehead atoms. The molecule has 5 heteroatoms. The van der Waals surface area contributed by atoms with E-state index in [1.165, 1.54) is 0 Å². The van der Waals surface area contributed by atoms with Crippen molar-refractivity contribution < 1.29 is 14.3 Å². The van der Waals surface area contributed by atoms with Crippen LogP contribution in [0.2, 0.25) is 0 Å². The fourth-order valence-corrected chi connectivity index (χ4v) is 2.52. The molecule has 21 heavy (non-hydrogen) atoms. The van der Waals surface area contributed by atoms with Gasteiger partial charge in [0.2, 0.25) is 5.76 Å². The van der Waals surface area contributed by atoms with Crippen LogP contribution < -0.4 is 0 Å². The Morgan fingerprint density at radius 3 is 2.81 bits per heavy atom. The zero-order chi connectivity index (χ0) is 15.0. The van der Waals surface area contributed by atoms with Crippen LogP contribution in [0.4, 0.5) is 0 Å². The SMILES string of the molecule is CCc1nc2ccccc2n1Cc1cc(C(=O)O)oc1C. The molecule has 0 spiro atoms. The van der Waals surface area contributed by atoms with Crippen LogP contribution in [-0.4, -0.2) is 20.6 Å². The second-order valence-electron chi connectivity index (χ2n) is 4.95. The monoisotopic (exact) mass is 284 g/mol. The lowest BCUT2D eigenvalue weighted by Crippen LogP contribution is -2.04. The van der Waals surface area contributed by atoms with Crippen LogP contribution in [0, 0.1) is 6.92 Å². The van der Waals surface area contributed by atoms with E-state index >= 15 is 0 Å². The smallest absolute Gasteiger partial charge is 0.371 e. The van der Waals surface area contributed by atoms with Crippen molar-refractivity contribution in [3.63, 3.8) is 0 Å². The topological polar surface area (TPSA) is 68.3 Å². The van der Waals surface area contributed by atoms with Crippen molar-refractivity contribution in [1.29, 1.82) is 0 Å². The Hall–Kier alpha value is -2.56. The molecule has 0 aliphatic heterocycles. The number of hydrogen-bond acceptors (Lipinski definition) is 3. The first-order valence-electron chi connectivity index (χ1n) is 6.87. The third kappa shape index (κ3) is 2.31. The maximum Gasteiger partial charge on any atom is 0.371 e. The molecule has 0 unspecified atom stereocenters. The number of carboxylic acids is 1. The number of rotatable bonds is 4. The Balaban J connectivity index is 2.07. The highest BCUT2D eigenvalue weighted by Gasteiger charge is 2.16. The predicted molar refractivity (Wildman–Crippen MR) is 78.6 cm³/mol. The molecule has 0 atom stereocenters. The van der Waals surface area contributed by atoms with Gasteiger partial charge in [-0.05, 0) is 25.1 Å². The molecule has 0 saturated carbocycles. The van der Waals surface area contributed by atoms with Gasteiger partial charge in [-0.25, -0.2) is 9.78 Å². The standard InChI is InChI=1S/C16H16N2O3/c1-3-15-17-12-6-4-5-7-13(12)18(15)9-11-8-14(16(19)20)21-10(11)2/h4-8H,3,9H2,1-2H3,(H,19,20). The lowest BCUT2D eigenvalue weighted by Gasteiger charge is -2.07. The highest BCUT2D eigenvalue weighted by molar-refractivity contribution is 5.84. The molecule has 0 fully saturated rings. The van der Waals surface area contributed by atoms with Crippen molar-refractivity contribution in [2.45, 2.75) is 26.8 Å². The van der Waals surface area contributed by atoms with Crippen LogP contribution in [0.15, 0.2) is 34.7 Å². The zero-order valence-electron chi connectivity index (χ0n) is 12.0. The van der Waals surface area contributed by atoms with E-state index in [1.54, 1.807) is 13.0 Å². The fraction of sp³-hybridized carbons (Fsp3) is 0.250. The quantitative estimate of drug-likeness (QED) is 0.798. The van der Waals surface area contributed by atoms with Gasteiger partial charge in [-0.15, -0.1) is 0 Å². The highest BCUT2D eigenvalue weighted by Crippen LogP contribution is 2.21. The van der Waals surface area contributed by atoms with Gasteiger partial charge in [-0.3, -0.25) is 0 Å². The van der Waals surface area contributed by atoms with Gasteiger partial charge in [0.05, 0.1) is 17.6 Å². The van der Waals surface area contributed by atoms with E-state index in [0.29, 0.717) is 12.3 Å². The number of carboxylic acid groups (broad SMARTS) is 1. The number of nitrogens with zero attached hydrogens (tertiary/aromatic N) is 2. The molecule has 0 aliphatic carbocycles. The molecule has 1 N–H and O–H groups in total. The third-order valence-corrected chi connectivity index (χ3v) is 3.61. The maximum absolute atomic E-state index is 11.0. The summed E-state index contributed by atoms with van der Waals surface area (Å²) in [5.74, 6) is 0.543. The zero-order valence-corrected chi connectivity index (χ0v) is 12.0. The van der Waals surface area contributed by atoms with E-state index in [1.807, 2.05) is 24.3 Å². The minimum Gasteiger partial charge on any atom is -0.475 e. The molecule has 2 aromatic heterocycles. The van der Waals surface area contributed by atoms with Crippen LogP contribution in [0.5, 0.6) is 0 Å². The summed E-state index contributed by atoms with van der Waals surface area (Å²) in [6.45, 7) is 4.40. The van der Waals surface area contributed by atoms with E-state index in [4.69, 9.17) is 9.52 Å². The Bertz CT molecular complexity index is 814. The molecule has 0 radical (unpaired) electrons. The molecule has 2 heterocycles. The molecular weight excluding hydrogens is 268 g/mol. The van der Waals surface area contributed by atoms with Crippen molar-refractivity contribution in [1.82, 2.24) is 9.55 Å². The van der Waals surface area contributed by atoms with Gasteiger partial charge in [-0.1, -0.05) is 19.1 Å². The normalized spacial score (nSPS) is 11.1. The molecule has 108 valence electrons. The number of benzene rings is 1. The molecule has 5 nitrogen and oxygen atoms in total. The van der Waals surface area contributed by atoms with Crippen LogP contribution in [0.25, 0.3) is 11.0 Å². The summed E-state index contributed by atoms with van der Waals surface area (Å²) in [5, 5.41) is 9.01. The number of aromatic carboxylic acids is 1. The molecule has 3 aromatic rings. The minimum atomic E-state index is -1.05. The summed E-state index contributed by atoms with van der Waals surface area (Å²) in [5.41, 5.74) is 2.87. The lowest BCUT2D eigenvalue weighted by molar-refractivity contribution is 0.0661. The van der Waals surface area contributed by atoms with E-state index in [2.05, 4.69) is 16.5 Å². The predicted octanol–water partition coefficient (Wildman–Crippen LogP) is 3.25. The van der Waals surface area contributed by atoms with Crippen molar-refractivity contribution in [2.24, 2.45) is 0 Å². The summed E-state index contributed by atoms with van der Waals surface area (Å²) in [6, 6.07) is 9.53. The lowest BCUT2D eigenvalue weighted by atomic mass is 10.2. The first kappa shape index (κ1) is 13.4. The second-order valence-corrected chi connectivity index (χ2v) is 4.95. The van der Waals surface area contributed by atoms with Crippen molar-refractivity contribution in [3.05, 3.63) is 53.2 Å². The van der Waals surface area contributed by atoms with Crippen molar-refractivity contribution in [3.8, 4) is 0 Å². The Labute approximate surface area is 121 Å². The number of hydrogen-bond donors (Lipinski definition) is 1. The highest BCUT2D eigenvalue weighted by atomic mass is 16.4. The van der Waals surface area contributed by atoms with Gasteiger partial charge in [-0.2, -0.15) is 0 Å². The van der Waals surface area contributed by atoms with Crippen LogP contribution in [0.3, 0.4) is 0 Å². The Morgan fingerprint density at radius 2 is 2.14 bits per heavy atom. The molecule has 0 aliphatic rings. The summed E-state index contributed by atoms with van der Waals surface area (Å²) in [6.07, 6.45) is 0.817. The van der Waals surface area contributed by atoms with Gasteiger partial charge in [0.1, 0.15) is 11.6 Å². The molecule has 1 aromatic carbocycles. The fourth-order valence-electron chi connectivity index (χ4n) is 2.52. The molecular formula is C16H16N2O3. The van der Waals surface area contributed by atoms with Gasteiger partial charge in [0.25, 0.3) is 0 Å². The van der Waals surface area contributed by atoms with Gasteiger partial charge in [0.15, 0.2) is 0 Å². The van der Waals surface area contributed by atoms with Crippen LogP contribution >= 0.6 is 0 Å². The molecule has 3 rings (SSSR count). The van der Waals surface area contributed by atoms with Gasteiger partial charge in [0, 0.05) is 12.0 Å². The van der Waals surface area contributed by atoms with Gasteiger partial charge < -0.3 is 14.1 Å². The van der Waals surface area contributed by atoms with Crippen LogP contribution in [0.1, 0.15) is 34.6 Å². The third-order valence-electron chi connectivity index (χ3n) is 3.61. The first-order chi connectivity index (χ1) is 10.1. The van der Waals surface area contributed by atoms with Crippen LogP contribution in [-0.2, 0) is 13.0 Å². The van der Waals surface area contributed by atoms with E-state index < -0.39 is 5.97 Å². The average Bonchev–Trinajstić information content (AvgIpc) is 3.01. The number of carbonyl (C=O) groups is 1. The Morgan fingerprint density at radius 1 is 1.38 bits per heavy atom. The van der Waals surface area contributed by atoms with E-state index in [9.17, 15) is 4.79 Å². The number of furan rings is 1. The Kier molecular flexibility index (Phi) is 3.25. The number of fused-ring (bicyclic) bond motifs is 1. The van der Waals surface area contributed by atoms with Crippen molar-refractivity contribution in [2.75, 3.05) is 0 Å². The first-order valence-corrected chi connectivity index (χ1v) is 6.87. The summed E-state index contributed by atoms with van der Waals surface area (Å²) < 4.78 is 7.39. The summed E-state index contributed by atoms with van der Waals surface area (Å²) in [4.78, 5) is 15.6. The van der Waals surface area contributed by atoms with Crippen molar-refractivity contribution >= 4 is 17.0 Å². The van der Waals surface area contributed by atoms with E-state index in [-0.39, 0.29) is 5.76 Å². The number of imidazole rings is 1. The number of aromatic nitrogens is 2. The average molecular weight is 284 g/mol. The summed E-state index contributed by atoms with van der Waals surface area (Å²) in [7, 11) is 0. The molecule has 0 saturated heterocycles. The second kappa shape index (κ2) is 5.09. The number of para-hydroxylation sites is 2. The number of aryl methyl sites for hydroxylation is 2.